The Morgan fingerprint density at radius 2 is 2.05 bits per heavy atom. The maximum atomic E-state index is 11.8. The summed E-state index contributed by atoms with van der Waals surface area (Å²) in [4.78, 5) is 14.0. The van der Waals surface area contributed by atoms with Gasteiger partial charge in [-0.1, -0.05) is 23.8 Å². The molecule has 0 aromatic heterocycles. The van der Waals surface area contributed by atoms with Crippen molar-refractivity contribution in [3.8, 4) is 0 Å². The molecule has 19 heavy (non-hydrogen) atoms. The minimum Gasteiger partial charge on any atom is -0.459 e. The molecule has 0 spiro atoms. The molecule has 0 atom stereocenters. The number of carbonyl (C=O) groups is 1. The number of nitrogens with zero attached hydrogens (tertiary/aromatic N) is 1. The third kappa shape index (κ3) is 4.06. The molecule has 0 bridgehead atoms. The van der Waals surface area contributed by atoms with Gasteiger partial charge in [0.2, 0.25) is 0 Å². The standard InChI is InChI=1S/C16H23NO2/c1-12-5-6-14-10-17(8-7-13(14)9-12)11-15(18)19-16(2,3)4/h5-6,9H,7-8,10-11H2,1-4H3. The lowest BCUT2D eigenvalue weighted by molar-refractivity contribution is -0.156. The van der Waals surface area contributed by atoms with Crippen molar-refractivity contribution in [2.45, 2.75) is 46.3 Å². The van der Waals surface area contributed by atoms with Crippen molar-refractivity contribution >= 4 is 5.97 Å². The van der Waals surface area contributed by atoms with Crippen molar-refractivity contribution < 1.29 is 9.53 Å². The summed E-state index contributed by atoms with van der Waals surface area (Å²) in [5.41, 5.74) is 3.65. The third-order valence-corrected chi connectivity index (χ3v) is 3.23. The quantitative estimate of drug-likeness (QED) is 0.767. The molecule has 0 unspecified atom stereocenters. The monoisotopic (exact) mass is 261 g/mol. The molecule has 0 aliphatic carbocycles. The Balaban J connectivity index is 1.95. The largest absolute Gasteiger partial charge is 0.459 e. The van der Waals surface area contributed by atoms with E-state index in [9.17, 15) is 4.79 Å². The number of esters is 1. The third-order valence-electron chi connectivity index (χ3n) is 3.23. The van der Waals surface area contributed by atoms with Gasteiger partial charge < -0.3 is 4.74 Å². The zero-order valence-electron chi connectivity index (χ0n) is 12.3. The predicted octanol–water partition coefficient (Wildman–Crippen LogP) is 2.69. The Hall–Kier alpha value is -1.35. The maximum Gasteiger partial charge on any atom is 0.320 e. The zero-order valence-corrected chi connectivity index (χ0v) is 12.3. The molecule has 0 fully saturated rings. The molecule has 1 aliphatic heterocycles. The summed E-state index contributed by atoms with van der Waals surface area (Å²) in [7, 11) is 0. The Bertz CT molecular complexity index is 474. The summed E-state index contributed by atoms with van der Waals surface area (Å²) in [5.74, 6) is -0.136. The Labute approximate surface area is 115 Å². The number of benzene rings is 1. The van der Waals surface area contributed by atoms with Crippen molar-refractivity contribution in [2.24, 2.45) is 0 Å². The molecule has 2 rings (SSSR count). The van der Waals surface area contributed by atoms with Gasteiger partial charge in [-0.05, 0) is 45.2 Å². The highest BCUT2D eigenvalue weighted by Gasteiger charge is 2.22. The molecule has 0 N–H and O–H groups in total. The molecule has 104 valence electrons. The van der Waals surface area contributed by atoms with Gasteiger partial charge in [-0.15, -0.1) is 0 Å². The second kappa shape index (κ2) is 5.33. The van der Waals surface area contributed by atoms with E-state index in [1.54, 1.807) is 0 Å². The summed E-state index contributed by atoms with van der Waals surface area (Å²) in [5, 5.41) is 0. The van der Waals surface area contributed by atoms with Crippen molar-refractivity contribution in [3.63, 3.8) is 0 Å². The van der Waals surface area contributed by atoms with Gasteiger partial charge in [0.15, 0.2) is 0 Å². The number of hydrogen-bond acceptors (Lipinski definition) is 3. The highest BCUT2D eigenvalue weighted by atomic mass is 16.6. The molecular formula is C16H23NO2. The van der Waals surface area contributed by atoms with Gasteiger partial charge in [-0.3, -0.25) is 9.69 Å². The van der Waals surface area contributed by atoms with Crippen LogP contribution in [0.25, 0.3) is 0 Å². The Kier molecular flexibility index (Phi) is 3.95. The van der Waals surface area contributed by atoms with Gasteiger partial charge in [-0.2, -0.15) is 0 Å². The van der Waals surface area contributed by atoms with E-state index in [2.05, 4.69) is 30.0 Å². The lowest BCUT2D eigenvalue weighted by Crippen LogP contribution is -2.37. The van der Waals surface area contributed by atoms with Crippen LogP contribution in [0.4, 0.5) is 0 Å². The fourth-order valence-electron chi connectivity index (χ4n) is 2.43. The van der Waals surface area contributed by atoms with E-state index in [1.807, 2.05) is 20.8 Å². The van der Waals surface area contributed by atoms with Gasteiger partial charge >= 0.3 is 5.97 Å². The van der Waals surface area contributed by atoms with Crippen molar-refractivity contribution in [3.05, 3.63) is 34.9 Å². The smallest absolute Gasteiger partial charge is 0.320 e. The molecule has 0 saturated heterocycles. The van der Waals surface area contributed by atoms with E-state index in [4.69, 9.17) is 4.74 Å². The van der Waals surface area contributed by atoms with Crippen LogP contribution in [0.3, 0.4) is 0 Å². The van der Waals surface area contributed by atoms with E-state index in [0.29, 0.717) is 6.54 Å². The number of rotatable bonds is 2. The van der Waals surface area contributed by atoms with Crippen LogP contribution < -0.4 is 0 Å². The predicted molar refractivity (Wildman–Crippen MR) is 76.0 cm³/mol. The second-order valence-electron chi connectivity index (χ2n) is 6.32. The van der Waals surface area contributed by atoms with Gasteiger partial charge in [0.25, 0.3) is 0 Å². The van der Waals surface area contributed by atoms with Crippen LogP contribution in [0.15, 0.2) is 18.2 Å². The Morgan fingerprint density at radius 3 is 2.74 bits per heavy atom. The van der Waals surface area contributed by atoms with Crippen molar-refractivity contribution in [1.29, 1.82) is 0 Å². The molecule has 1 aliphatic rings. The first-order chi connectivity index (χ1) is 8.83. The summed E-state index contributed by atoms with van der Waals surface area (Å²) < 4.78 is 5.37. The summed E-state index contributed by atoms with van der Waals surface area (Å²) >= 11 is 0. The van der Waals surface area contributed by atoms with Gasteiger partial charge in [0.1, 0.15) is 5.60 Å². The van der Waals surface area contributed by atoms with Crippen LogP contribution in [0, 0.1) is 6.92 Å². The van der Waals surface area contributed by atoms with E-state index in [0.717, 1.165) is 19.5 Å². The molecule has 1 heterocycles. The molecule has 3 heteroatoms. The lowest BCUT2D eigenvalue weighted by atomic mass is 9.98. The zero-order chi connectivity index (χ0) is 14.0. The molecule has 0 saturated carbocycles. The van der Waals surface area contributed by atoms with Crippen LogP contribution in [0.5, 0.6) is 0 Å². The van der Waals surface area contributed by atoms with Gasteiger partial charge in [-0.25, -0.2) is 0 Å². The number of aryl methyl sites for hydroxylation is 1. The summed E-state index contributed by atoms with van der Waals surface area (Å²) in [6.07, 6.45) is 1.01. The fraction of sp³-hybridized carbons (Fsp3) is 0.562. The van der Waals surface area contributed by atoms with Crippen molar-refractivity contribution in [1.82, 2.24) is 4.90 Å². The Morgan fingerprint density at radius 1 is 1.32 bits per heavy atom. The molecule has 1 aromatic carbocycles. The van der Waals surface area contributed by atoms with Crippen LogP contribution in [0.2, 0.25) is 0 Å². The van der Waals surface area contributed by atoms with Crippen LogP contribution >= 0.6 is 0 Å². The number of fused-ring (bicyclic) bond motifs is 1. The van der Waals surface area contributed by atoms with E-state index in [-0.39, 0.29) is 5.97 Å². The first-order valence-corrected chi connectivity index (χ1v) is 6.86. The SMILES string of the molecule is Cc1ccc2c(c1)CCN(CC(=O)OC(C)(C)C)C2. The lowest BCUT2D eigenvalue weighted by Gasteiger charge is -2.29. The average Bonchev–Trinajstić information content (AvgIpc) is 2.26. The van der Waals surface area contributed by atoms with Crippen LogP contribution in [-0.4, -0.2) is 29.6 Å². The van der Waals surface area contributed by atoms with Crippen LogP contribution in [-0.2, 0) is 22.5 Å². The fourth-order valence-corrected chi connectivity index (χ4v) is 2.43. The summed E-state index contributed by atoms with van der Waals surface area (Å²) in [6, 6.07) is 6.56. The van der Waals surface area contributed by atoms with Gasteiger partial charge in [0.05, 0.1) is 6.54 Å². The first-order valence-electron chi connectivity index (χ1n) is 6.86. The number of hydrogen-bond donors (Lipinski definition) is 0. The van der Waals surface area contributed by atoms with E-state index >= 15 is 0 Å². The topological polar surface area (TPSA) is 29.5 Å². The molecule has 0 radical (unpaired) electrons. The van der Waals surface area contributed by atoms with Crippen molar-refractivity contribution in [2.75, 3.05) is 13.1 Å². The minimum atomic E-state index is -0.401. The second-order valence-corrected chi connectivity index (χ2v) is 6.32. The van der Waals surface area contributed by atoms with E-state index < -0.39 is 5.60 Å². The van der Waals surface area contributed by atoms with Crippen LogP contribution in [0.1, 0.15) is 37.5 Å². The molecular weight excluding hydrogens is 238 g/mol. The first kappa shape index (κ1) is 14.1. The molecule has 3 nitrogen and oxygen atoms in total. The average molecular weight is 261 g/mol. The minimum absolute atomic E-state index is 0.136. The highest BCUT2D eigenvalue weighted by molar-refractivity contribution is 5.72. The summed E-state index contributed by atoms with van der Waals surface area (Å²) in [6.45, 7) is 9.97. The van der Waals surface area contributed by atoms with E-state index in [1.165, 1.54) is 16.7 Å². The normalized spacial score (nSPS) is 16.0. The highest BCUT2D eigenvalue weighted by Crippen LogP contribution is 2.20. The maximum absolute atomic E-state index is 11.8. The molecule has 1 aromatic rings. The number of carbonyl (C=O) groups excluding carboxylic acids is 1. The number of ether oxygens (including phenoxy) is 1. The molecule has 0 amide bonds. The van der Waals surface area contributed by atoms with Gasteiger partial charge in [0, 0.05) is 13.1 Å².